The molecule has 3 aromatic rings. The molecule has 2 saturated heterocycles. The molecule has 2 unspecified atom stereocenters. The minimum Gasteiger partial charge on any atom is -0.391 e. The summed E-state index contributed by atoms with van der Waals surface area (Å²) < 4.78 is 55.4. The largest absolute Gasteiger partial charge is 0.434 e. The zero-order chi connectivity index (χ0) is 28.1. The highest BCUT2D eigenvalue weighted by atomic mass is 35.5. The summed E-state index contributed by atoms with van der Waals surface area (Å²) in [7, 11) is -4.45. The van der Waals surface area contributed by atoms with Crippen LogP contribution in [0, 0.1) is 19.7 Å². The minimum atomic E-state index is -4.45. The molecular formula is C25H27ClFN5O6S. The monoisotopic (exact) mass is 579 g/mol. The van der Waals surface area contributed by atoms with Gasteiger partial charge in [0.05, 0.1) is 17.2 Å². The number of pyridine rings is 1. The van der Waals surface area contributed by atoms with Gasteiger partial charge in [-0.3, -0.25) is 4.79 Å². The number of morpholine rings is 1. The van der Waals surface area contributed by atoms with Gasteiger partial charge in [-0.25, -0.2) is 27.7 Å². The second-order valence-corrected chi connectivity index (χ2v) is 12.0. The normalized spacial score (nSPS) is 20.7. The van der Waals surface area contributed by atoms with E-state index in [9.17, 15) is 22.4 Å². The maximum Gasteiger partial charge on any atom is 0.434 e. The minimum absolute atomic E-state index is 0.00142. The summed E-state index contributed by atoms with van der Waals surface area (Å²) in [6, 6.07) is 4.05. The van der Waals surface area contributed by atoms with Crippen molar-refractivity contribution in [1.82, 2.24) is 24.8 Å². The summed E-state index contributed by atoms with van der Waals surface area (Å²) >= 11 is 6.27. The van der Waals surface area contributed by atoms with E-state index in [0.29, 0.717) is 18.7 Å². The summed E-state index contributed by atoms with van der Waals surface area (Å²) in [5.74, 6) is -3.10. The van der Waals surface area contributed by atoms with Crippen LogP contribution in [0.1, 0.15) is 64.8 Å². The highest BCUT2D eigenvalue weighted by molar-refractivity contribution is 7.89. The van der Waals surface area contributed by atoms with Crippen molar-refractivity contribution in [3.63, 3.8) is 0 Å². The first-order chi connectivity index (χ1) is 18.4. The molecule has 2 aliphatic rings. The molecular weight excluding hydrogens is 553 g/mol. The second kappa shape index (κ2) is 10.5. The number of aromatic nitrogens is 3. The summed E-state index contributed by atoms with van der Waals surface area (Å²) in [4.78, 5) is 30.7. The third kappa shape index (κ3) is 5.36. The first-order valence-corrected chi connectivity index (χ1v) is 14.3. The highest BCUT2D eigenvalue weighted by Gasteiger charge is 2.38. The molecule has 0 spiro atoms. The van der Waals surface area contributed by atoms with Crippen LogP contribution in [0.25, 0.3) is 0 Å². The van der Waals surface area contributed by atoms with Gasteiger partial charge in [0.25, 0.3) is 15.9 Å². The number of aromatic amines is 1. The first kappa shape index (κ1) is 27.4. The van der Waals surface area contributed by atoms with Crippen LogP contribution in [0.3, 0.4) is 0 Å². The SMILES string of the molecule is Cc1ccc(F)c([C@@H](C)[C@H](NS(=O)(=O)c2ccc(Cl)c(C(=O)N3CC4CCC(C3)O4)n2)c2n[nH]c(=O)o2)c1C. The molecule has 2 aliphatic heterocycles. The van der Waals surface area contributed by atoms with Gasteiger partial charge in [-0.05, 0) is 61.6 Å². The number of hydrogen-bond donors (Lipinski definition) is 2. The molecule has 208 valence electrons. The quantitative estimate of drug-likeness (QED) is 0.434. The van der Waals surface area contributed by atoms with E-state index in [1.807, 2.05) is 0 Å². The van der Waals surface area contributed by atoms with Gasteiger partial charge in [-0.2, -0.15) is 4.72 Å². The number of aryl methyl sites for hydroxylation is 1. The fourth-order valence-corrected chi connectivity index (χ4v) is 6.56. The number of rotatable bonds is 7. The van der Waals surface area contributed by atoms with E-state index < -0.39 is 44.5 Å². The van der Waals surface area contributed by atoms with E-state index >= 15 is 0 Å². The molecule has 1 amide bonds. The Morgan fingerprint density at radius 2 is 1.90 bits per heavy atom. The second-order valence-electron chi connectivity index (χ2n) is 9.89. The van der Waals surface area contributed by atoms with Gasteiger partial charge in [-0.1, -0.05) is 24.6 Å². The van der Waals surface area contributed by atoms with Crippen LogP contribution in [-0.2, 0) is 14.8 Å². The van der Waals surface area contributed by atoms with Crippen molar-refractivity contribution in [2.24, 2.45) is 0 Å². The predicted molar refractivity (Wildman–Crippen MR) is 138 cm³/mol. The van der Waals surface area contributed by atoms with Gasteiger partial charge in [0, 0.05) is 19.0 Å². The van der Waals surface area contributed by atoms with Gasteiger partial charge >= 0.3 is 5.76 Å². The lowest BCUT2D eigenvalue weighted by molar-refractivity contribution is -0.0305. The van der Waals surface area contributed by atoms with Crippen LogP contribution < -0.4 is 10.5 Å². The number of nitrogens with one attached hydrogen (secondary N) is 2. The van der Waals surface area contributed by atoms with Crippen molar-refractivity contribution < 1.29 is 26.8 Å². The number of H-pyrrole nitrogens is 1. The number of amides is 1. The molecule has 4 heterocycles. The molecule has 11 nitrogen and oxygen atoms in total. The molecule has 39 heavy (non-hydrogen) atoms. The first-order valence-electron chi connectivity index (χ1n) is 12.4. The van der Waals surface area contributed by atoms with Crippen molar-refractivity contribution in [3.05, 3.63) is 73.9 Å². The van der Waals surface area contributed by atoms with E-state index in [1.54, 1.807) is 31.7 Å². The molecule has 5 rings (SSSR count). The number of carbonyl (C=O) groups is 1. The van der Waals surface area contributed by atoms with Crippen molar-refractivity contribution >= 4 is 27.5 Å². The number of likely N-dealkylation sites (tertiary alicyclic amines) is 1. The average Bonchev–Trinajstić information content (AvgIpc) is 3.48. The third-order valence-corrected chi connectivity index (χ3v) is 8.97. The molecule has 0 aliphatic carbocycles. The van der Waals surface area contributed by atoms with E-state index in [4.69, 9.17) is 20.8 Å². The van der Waals surface area contributed by atoms with Crippen LogP contribution in [0.4, 0.5) is 4.39 Å². The Hall–Kier alpha value is -3.13. The van der Waals surface area contributed by atoms with Crippen LogP contribution in [0.15, 0.2) is 38.5 Å². The predicted octanol–water partition coefficient (Wildman–Crippen LogP) is 2.99. The van der Waals surface area contributed by atoms with Gasteiger partial charge in [0.2, 0.25) is 5.89 Å². The lowest BCUT2D eigenvalue weighted by atomic mass is 9.88. The lowest BCUT2D eigenvalue weighted by Gasteiger charge is -2.32. The molecule has 2 fully saturated rings. The summed E-state index contributed by atoms with van der Waals surface area (Å²) in [5.41, 5.74) is 1.43. The standard InChI is InChI=1S/C25H27ClFN5O6S/c1-12-4-8-18(27)20(13(12)2)14(3)21(23-29-30-25(34)38-23)31-39(35,36)19-9-7-17(26)22(28-19)24(33)32-10-15-5-6-16(11-32)37-15/h4,7-9,14-16,21,31H,5-6,10-11H2,1-3H3,(H,30,34)/t14-,15?,16?,21+/m1/s1. The Labute approximate surface area is 228 Å². The van der Waals surface area contributed by atoms with Gasteiger partial charge in [-0.15, -0.1) is 5.10 Å². The zero-order valence-corrected chi connectivity index (χ0v) is 23.0. The third-order valence-electron chi connectivity index (χ3n) is 7.32. The van der Waals surface area contributed by atoms with Crippen molar-refractivity contribution in [2.75, 3.05) is 13.1 Å². The molecule has 0 saturated carbocycles. The maximum absolute atomic E-state index is 15.0. The lowest BCUT2D eigenvalue weighted by Crippen LogP contribution is -2.46. The Morgan fingerprint density at radius 3 is 2.54 bits per heavy atom. The van der Waals surface area contributed by atoms with E-state index in [-0.39, 0.29) is 34.4 Å². The Morgan fingerprint density at radius 1 is 1.21 bits per heavy atom. The summed E-state index contributed by atoms with van der Waals surface area (Å²) in [6.07, 6.45) is 1.54. The van der Waals surface area contributed by atoms with E-state index in [2.05, 4.69) is 19.9 Å². The summed E-state index contributed by atoms with van der Waals surface area (Å²) in [6.45, 7) is 5.83. The van der Waals surface area contributed by atoms with Crippen LogP contribution >= 0.6 is 11.6 Å². The number of halogens is 2. The Balaban J connectivity index is 1.49. The smallest absolute Gasteiger partial charge is 0.391 e. The fraction of sp³-hybridized carbons (Fsp3) is 0.440. The molecule has 1 aromatic carbocycles. The molecule has 0 radical (unpaired) electrons. The molecule has 2 aromatic heterocycles. The average molecular weight is 580 g/mol. The number of carbonyl (C=O) groups excluding carboxylic acids is 1. The summed E-state index contributed by atoms with van der Waals surface area (Å²) in [5, 5.41) is 5.42. The molecule has 2 N–H and O–H groups in total. The van der Waals surface area contributed by atoms with Gasteiger partial charge in [0.1, 0.15) is 17.6 Å². The number of hydrogen-bond acceptors (Lipinski definition) is 8. The van der Waals surface area contributed by atoms with Crippen LogP contribution in [0.5, 0.6) is 0 Å². The zero-order valence-electron chi connectivity index (χ0n) is 21.4. The van der Waals surface area contributed by atoms with E-state index in [1.165, 1.54) is 12.1 Å². The fourth-order valence-electron chi connectivity index (χ4n) is 5.15. The Bertz CT molecular complexity index is 1580. The number of fused-ring (bicyclic) bond motifs is 2. The highest BCUT2D eigenvalue weighted by Crippen LogP contribution is 2.35. The number of sulfonamides is 1. The number of benzene rings is 1. The number of ether oxygens (including phenoxy) is 1. The number of nitrogens with zero attached hydrogens (tertiary/aromatic N) is 3. The Kier molecular flexibility index (Phi) is 7.35. The maximum atomic E-state index is 15.0. The topological polar surface area (TPSA) is 147 Å². The van der Waals surface area contributed by atoms with E-state index in [0.717, 1.165) is 24.5 Å². The van der Waals surface area contributed by atoms with Gasteiger partial charge in [0.15, 0.2) is 5.03 Å². The van der Waals surface area contributed by atoms with Crippen LogP contribution in [0.2, 0.25) is 5.02 Å². The van der Waals surface area contributed by atoms with Crippen molar-refractivity contribution in [2.45, 2.75) is 62.8 Å². The van der Waals surface area contributed by atoms with Crippen molar-refractivity contribution in [3.8, 4) is 0 Å². The molecule has 14 heteroatoms. The van der Waals surface area contributed by atoms with Crippen LogP contribution in [-0.4, -0.2) is 59.7 Å². The van der Waals surface area contributed by atoms with Crippen molar-refractivity contribution in [1.29, 1.82) is 0 Å². The molecule has 2 bridgehead atoms. The molecule has 4 atom stereocenters. The van der Waals surface area contributed by atoms with Gasteiger partial charge < -0.3 is 14.1 Å².